The van der Waals surface area contributed by atoms with E-state index in [0.29, 0.717) is 27.8 Å². The largest absolute Gasteiger partial charge is 0.497 e. The molecular weight excluding hydrogens is 322 g/mol. The van der Waals surface area contributed by atoms with Crippen LogP contribution in [0.5, 0.6) is 11.5 Å². The number of hydrogen-bond acceptors (Lipinski definition) is 4. The summed E-state index contributed by atoms with van der Waals surface area (Å²) in [6.07, 6.45) is 1.94. The third-order valence-corrected chi connectivity index (χ3v) is 4.13. The van der Waals surface area contributed by atoms with Crippen LogP contribution in [0.15, 0.2) is 41.3 Å². The van der Waals surface area contributed by atoms with E-state index in [0.717, 1.165) is 4.90 Å². The van der Waals surface area contributed by atoms with Gasteiger partial charge in [0.2, 0.25) is 0 Å². The zero-order valence-electron chi connectivity index (χ0n) is 12.5. The second-order valence-corrected chi connectivity index (χ2v) is 5.65. The van der Waals surface area contributed by atoms with Crippen LogP contribution in [-0.4, -0.2) is 26.4 Å². The maximum atomic E-state index is 12.4. The lowest BCUT2D eigenvalue weighted by molar-refractivity contribution is 0.102. The van der Waals surface area contributed by atoms with Gasteiger partial charge in [-0.25, -0.2) is 0 Å². The van der Waals surface area contributed by atoms with Crippen LogP contribution in [-0.2, 0) is 0 Å². The summed E-state index contributed by atoms with van der Waals surface area (Å²) in [6, 6.07) is 10.5. The van der Waals surface area contributed by atoms with Crippen LogP contribution >= 0.6 is 23.4 Å². The molecule has 1 amide bonds. The zero-order valence-corrected chi connectivity index (χ0v) is 14.0. The highest BCUT2D eigenvalue weighted by atomic mass is 35.5. The van der Waals surface area contributed by atoms with Gasteiger partial charge in [0.05, 0.1) is 30.5 Å². The van der Waals surface area contributed by atoms with Crippen molar-refractivity contribution in [2.24, 2.45) is 0 Å². The normalized spacial score (nSPS) is 10.2. The molecule has 0 aliphatic carbocycles. The van der Waals surface area contributed by atoms with E-state index in [1.807, 2.05) is 12.3 Å². The van der Waals surface area contributed by atoms with E-state index in [1.54, 1.807) is 49.2 Å². The number of nitrogens with one attached hydrogen (secondary N) is 1. The van der Waals surface area contributed by atoms with Crippen molar-refractivity contribution in [2.45, 2.75) is 4.90 Å². The number of thioether (sulfide) groups is 1. The smallest absolute Gasteiger partial charge is 0.257 e. The van der Waals surface area contributed by atoms with Gasteiger partial charge in [0.1, 0.15) is 11.5 Å². The molecule has 0 atom stereocenters. The first kappa shape index (κ1) is 16.5. The third-order valence-electron chi connectivity index (χ3n) is 3.08. The molecule has 2 aromatic rings. The second-order valence-electron chi connectivity index (χ2n) is 4.37. The summed E-state index contributed by atoms with van der Waals surface area (Å²) in [4.78, 5) is 13.4. The highest BCUT2D eigenvalue weighted by Gasteiger charge is 2.14. The summed E-state index contributed by atoms with van der Waals surface area (Å²) in [5, 5.41) is 3.21. The summed E-state index contributed by atoms with van der Waals surface area (Å²) in [6.45, 7) is 0. The van der Waals surface area contributed by atoms with Crippen LogP contribution in [0.25, 0.3) is 0 Å². The fourth-order valence-electron chi connectivity index (χ4n) is 1.90. The van der Waals surface area contributed by atoms with Crippen molar-refractivity contribution < 1.29 is 14.3 Å². The number of ether oxygens (including phenoxy) is 2. The Labute approximate surface area is 138 Å². The topological polar surface area (TPSA) is 47.6 Å². The molecule has 0 aliphatic rings. The first-order valence-corrected chi connectivity index (χ1v) is 8.06. The molecule has 0 radical (unpaired) electrons. The Balaban J connectivity index is 2.29. The Morgan fingerprint density at radius 1 is 1.14 bits per heavy atom. The predicted molar refractivity (Wildman–Crippen MR) is 90.7 cm³/mol. The molecule has 0 unspecified atom stereocenters. The van der Waals surface area contributed by atoms with Crippen molar-refractivity contribution in [1.29, 1.82) is 0 Å². The zero-order chi connectivity index (χ0) is 16.1. The minimum atomic E-state index is -0.288. The highest BCUT2D eigenvalue weighted by molar-refractivity contribution is 7.98. The van der Waals surface area contributed by atoms with Crippen molar-refractivity contribution in [1.82, 2.24) is 0 Å². The van der Waals surface area contributed by atoms with E-state index in [4.69, 9.17) is 21.1 Å². The molecule has 4 nitrogen and oxygen atoms in total. The standard InChI is InChI=1S/C16H16ClNO3S/c1-20-10-4-7-14(15(8-10)21-2)18-16(19)12-9-11(22-3)5-6-13(12)17/h4-9H,1-3H3,(H,18,19). The fraction of sp³-hybridized carbons (Fsp3) is 0.188. The Kier molecular flexibility index (Phi) is 5.57. The lowest BCUT2D eigenvalue weighted by atomic mass is 10.2. The molecule has 0 aliphatic heterocycles. The number of hydrogen-bond donors (Lipinski definition) is 1. The molecule has 0 aromatic heterocycles. The van der Waals surface area contributed by atoms with Gasteiger partial charge in [-0.15, -0.1) is 11.8 Å². The minimum Gasteiger partial charge on any atom is -0.497 e. The van der Waals surface area contributed by atoms with Crippen molar-refractivity contribution in [3.05, 3.63) is 47.0 Å². The minimum absolute atomic E-state index is 0.288. The van der Waals surface area contributed by atoms with Crippen LogP contribution in [0.3, 0.4) is 0 Å². The third kappa shape index (κ3) is 3.67. The lowest BCUT2D eigenvalue weighted by Gasteiger charge is -2.12. The summed E-state index contributed by atoms with van der Waals surface area (Å²) in [7, 11) is 3.10. The SMILES string of the molecule is COc1ccc(NC(=O)c2cc(SC)ccc2Cl)c(OC)c1. The van der Waals surface area contributed by atoms with Crippen molar-refractivity contribution in [3.8, 4) is 11.5 Å². The molecule has 0 saturated heterocycles. The van der Waals surface area contributed by atoms with Crippen LogP contribution in [0.4, 0.5) is 5.69 Å². The number of amides is 1. The molecule has 2 rings (SSSR count). The van der Waals surface area contributed by atoms with E-state index in [1.165, 1.54) is 7.11 Å². The molecule has 2 aromatic carbocycles. The van der Waals surface area contributed by atoms with Crippen LogP contribution < -0.4 is 14.8 Å². The van der Waals surface area contributed by atoms with Gasteiger partial charge in [0.15, 0.2) is 0 Å². The Hall–Kier alpha value is -1.85. The van der Waals surface area contributed by atoms with Crippen molar-refractivity contribution in [2.75, 3.05) is 25.8 Å². The summed E-state index contributed by atoms with van der Waals surface area (Å²) < 4.78 is 10.4. The first-order valence-electron chi connectivity index (χ1n) is 6.46. The molecule has 6 heteroatoms. The van der Waals surface area contributed by atoms with Crippen LogP contribution in [0, 0.1) is 0 Å². The second kappa shape index (κ2) is 7.42. The van der Waals surface area contributed by atoms with Gasteiger partial charge < -0.3 is 14.8 Å². The van der Waals surface area contributed by atoms with Gasteiger partial charge in [-0.05, 0) is 36.6 Å². The Bertz CT molecular complexity index is 691. The van der Waals surface area contributed by atoms with Gasteiger partial charge in [-0.2, -0.15) is 0 Å². The van der Waals surface area contributed by atoms with E-state index < -0.39 is 0 Å². The van der Waals surface area contributed by atoms with Gasteiger partial charge in [0.25, 0.3) is 5.91 Å². The summed E-state index contributed by atoms with van der Waals surface area (Å²) >= 11 is 7.66. The van der Waals surface area contributed by atoms with Gasteiger partial charge >= 0.3 is 0 Å². The van der Waals surface area contributed by atoms with Crippen molar-refractivity contribution in [3.63, 3.8) is 0 Å². The molecule has 0 fully saturated rings. The molecule has 1 N–H and O–H groups in total. The quantitative estimate of drug-likeness (QED) is 0.825. The Morgan fingerprint density at radius 3 is 2.55 bits per heavy atom. The fourth-order valence-corrected chi connectivity index (χ4v) is 2.54. The monoisotopic (exact) mass is 337 g/mol. The van der Waals surface area contributed by atoms with E-state index in [-0.39, 0.29) is 5.91 Å². The molecule has 0 heterocycles. The number of halogens is 1. The van der Waals surface area contributed by atoms with Gasteiger partial charge in [-0.1, -0.05) is 11.6 Å². The first-order chi connectivity index (χ1) is 10.6. The van der Waals surface area contributed by atoms with E-state index in [9.17, 15) is 4.79 Å². The van der Waals surface area contributed by atoms with Crippen LogP contribution in [0.1, 0.15) is 10.4 Å². The molecule has 0 saturated carbocycles. The average molecular weight is 338 g/mol. The lowest BCUT2D eigenvalue weighted by Crippen LogP contribution is -2.13. The van der Waals surface area contributed by atoms with Gasteiger partial charge in [-0.3, -0.25) is 4.79 Å². The average Bonchev–Trinajstić information content (AvgIpc) is 2.55. The highest BCUT2D eigenvalue weighted by Crippen LogP contribution is 2.30. The summed E-state index contributed by atoms with van der Waals surface area (Å²) in [5.74, 6) is 0.881. The predicted octanol–water partition coefficient (Wildman–Crippen LogP) is 4.33. The number of benzene rings is 2. The van der Waals surface area contributed by atoms with E-state index >= 15 is 0 Å². The molecule has 0 spiro atoms. The maximum Gasteiger partial charge on any atom is 0.257 e. The van der Waals surface area contributed by atoms with Crippen LogP contribution in [0.2, 0.25) is 5.02 Å². The molecule has 116 valence electrons. The number of rotatable bonds is 5. The number of carbonyl (C=O) groups is 1. The van der Waals surface area contributed by atoms with E-state index in [2.05, 4.69) is 5.32 Å². The molecular formula is C16H16ClNO3S. The van der Waals surface area contributed by atoms with Gasteiger partial charge in [0, 0.05) is 11.0 Å². The Morgan fingerprint density at radius 2 is 1.91 bits per heavy atom. The number of carbonyl (C=O) groups excluding carboxylic acids is 1. The maximum absolute atomic E-state index is 12.4. The molecule has 22 heavy (non-hydrogen) atoms. The molecule has 0 bridgehead atoms. The summed E-state index contributed by atoms with van der Waals surface area (Å²) in [5.41, 5.74) is 0.977. The number of methoxy groups -OCH3 is 2. The van der Waals surface area contributed by atoms with Crippen molar-refractivity contribution >= 4 is 35.0 Å². The number of anilines is 1.